The van der Waals surface area contributed by atoms with Crippen molar-refractivity contribution in [3.63, 3.8) is 0 Å². The van der Waals surface area contributed by atoms with Crippen LogP contribution in [0.3, 0.4) is 0 Å². The molecule has 1 aromatic rings. The van der Waals surface area contributed by atoms with Crippen LogP contribution in [0.2, 0.25) is 0 Å². The van der Waals surface area contributed by atoms with Crippen molar-refractivity contribution in [2.24, 2.45) is 4.99 Å². The third kappa shape index (κ3) is 6.49. The van der Waals surface area contributed by atoms with Gasteiger partial charge in [-0.1, -0.05) is 6.92 Å². The average molecular weight is 448 g/mol. The highest BCUT2D eigenvalue weighted by Crippen LogP contribution is 2.21. The number of aliphatic imine (C=N–C) groups is 1. The molecule has 23 heavy (non-hydrogen) atoms. The summed E-state index contributed by atoms with van der Waals surface area (Å²) in [5.74, 6) is 2.28. The molecule has 2 heterocycles. The van der Waals surface area contributed by atoms with Crippen LogP contribution in [-0.4, -0.2) is 53.0 Å². The molecule has 0 aliphatic carbocycles. The molecule has 4 nitrogen and oxygen atoms in total. The van der Waals surface area contributed by atoms with Crippen LogP contribution in [-0.2, 0) is 6.42 Å². The molecule has 1 unspecified atom stereocenters. The lowest BCUT2D eigenvalue weighted by Gasteiger charge is -2.34. The van der Waals surface area contributed by atoms with Gasteiger partial charge in [-0.05, 0) is 43.9 Å². The molecule has 6 heteroatoms. The summed E-state index contributed by atoms with van der Waals surface area (Å²) < 4.78 is 0. The molecule has 1 aliphatic heterocycles. The minimum absolute atomic E-state index is 0. The largest absolute Gasteiger partial charge is 0.357 e. The molecule has 1 aliphatic rings. The van der Waals surface area contributed by atoms with Crippen LogP contribution >= 0.6 is 35.7 Å². The first-order valence-electron chi connectivity index (χ1n) is 8.29. The summed E-state index contributed by atoms with van der Waals surface area (Å²) in [6, 6.07) is 2.10. The summed E-state index contributed by atoms with van der Waals surface area (Å²) in [7, 11) is 0. The van der Waals surface area contributed by atoms with Crippen molar-refractivity contribution < 1.29 is 0 Å². The number of guanidine groups is 1. The standard InChI is InChI=1S/C17H28N4S.HI/c1-4-16-13-21(10-11-22-16)17(19-5-2)20-9-7-15-6-8-18-12-14(15)3;/h6,8,12,16H,4-5,7,9-11,13H2,1-3H3,(H,19,20);1H. The van der Waals surface area contributed by atoms with Gasteiger partial charge in [-0.25, -0.2) is 0 Å². The second kappa shape index (κ2) is 11.1. The quantitative estimate of drug-likeness (QED) is 0.426. The van der Waals surface area contributed by atoms with Gasteiger partial charge in [0.2, 0.25) is 0 Å². The molecule has 130 valence electrons. The highest BCUT2D eigenvalue weighted by molar-refractivity contribution is 14.0. The first-order valence-corrected chi connectivity index (χ1v) is 9.33. The van der Waals surface area contributed by atoms with E-state index in [1.165, 1.54) is 23.3 Å². The molecule has 0 spiro atoms. The zero-order chi connectivity index (χ0) is 15.8. The minimum Gasteiger partial charge on any atom is -0.357 e. The summed E-state index contributed by atoms with van der Waals surface area (Å²) >= 11 is 2.09. The normalized spacial score (nSPS) is 18.5. The van der Waals surface area contributed by atoms with E-state index in [9.17, 15) is 0 Å². The van der Waals surface area contributed by atoms with Gasteiger partial charge in [0.1, 0.15) is 0 Å². The first-order chi connectivity index (χ1) is 10.7. The highest BCUT2D eigenvalue weighted by Gasteiger charge is 2.21. The van der Waals surface area contributed by atoms with E-state index in [2.05, 4.69) is 53.8 Å². The zero-order valence-corrected chi connectivity index (χ0v) is 17.6. The fourth-order valence-corrected chi connectivity index (χ4v) is 3.83. The Kier molecular flexibility index (Phi) is 9.94. The summed E-state index contributed by atoms with van der Waals surface area (Å²) in [6.07, 6.45) is 6.00. The van der Waals surface area contributed by atoms with E-state index in [1.54, 1.807) is 0 Å². The summed E-state index contributed by atoms with van der Waals surface area (Å²) in [6.45, 7) is 10.5. The van der Waals surface area contributed by atoms with Crippen LogP contribution in [0.25, 0.3) is 0 Å². The maximum atomic E-state index is 4.84. The topological polar surface area (TPSA) is 40.5 Å². The van der Waals surface area contributed by atoms with E-state index in [4.69, 9.17) is 4.99 Å². The van der Waals surface area contributed by atoms with Gasteiger partial charge in [-0.15, -0.1) is 24.0 Å². The van der Waals surface area contributed by atoms with E-state index >= 15 is 0 Å². The molecule has 1 atom stereocenters. The van der Waals surface area contributed by atoms with Gasteiger partial charge >= 0.3 is 0 Å². The Balaban J connectivity index is 0.00000264. The Bertz CT molecular complexity index is 495. The molecule has 0 radical (unpaired) electrons. The van der Waals surface area contributed by atoms with Crippen molar-refractivity contribution in [2.45, 2.75) is 38.9 Å². The molecule has 2 rings (SSSR count). The predicted molar refractivity (Wildman–Crippen MR) is 112 cm³/mol. The third-order valence-electron chi connectivity index (χ3n) is 4.01. The van der Waals surface area contributed by atoms with Crippen LogP contribution in [0.5, 0.6) is 0 Å². The van der Waals surface area contributed by atoms with E-state index in [-0.39, 0.29) is 24.0 Å². The smallest absolute Gasteiger partial charge is 0.193 e. The molecule has 0 saturated carbocycles. The van der Waals surface area contributed by atoms with Gasteiger partial charge in [-0.3, -0.25) is 9.98 Å². The summed E-state index contributed by atoms with van der Waals surface area (Å²) in [4.78, 5) is 11.4. The molecule has 0 amide bonds. The van der Waals surface area contributed by atoms with E-state index < -0.39 is 0 Å². The molecule has 0 bridgehead atoms. The second-order valence-electron chi connectivity index (χ2n) is 5.63. The Morgan fingerprint density at radius 1 is 1.48 bits per heavy atom. The number of pyridine rings is 1. The zero-order valence-electron chi connectivity index (χ0n) is 14.4. The van der Waals surface area contributed by atoms with Gasteiger partial charge in [0, 0.05) is 49.6 Å². The lowest BCUT2D eigenvalue weighted by molar-refractivity contribution is 0.408. The van der Waals surface area contributed by atoms with Crippen molar-refractivity contribution in [3.8, 4) is 0 Å². The lowest BCUT2D eigenvalue weighted by Crippen LogP contribution is -2.48. The first kappa shape index (κ1) is 20.5. The van der Waals surface area contributed by atoms with Crippen molar-refractivity contribution in [2.75, 3.05) is 31.9 Å². The van der Waals surface area contributed by atoms with Crippen molar-refractivity contribution >= 4 is 41.7 Å². The van der Waals surface area contributed by atoms with Gasteiger partial charge in [0.25, 0.3) is 0 Å². The number of aromatic nitrogens is 1. The third-order valence-corrected chi connectivity index (χ3v) is 5.38. The van der Waals surface area contributed by atoms with Crippen LogP contribution < -0.4 is 5.32 Å². The average Bonchev–Trinajstić information content (AvgIpc) is 2.56. The van der Waals surface area contributed by atoms with Crippen molar-refractivity contribution in [1.82, 2.24) is 15.2 Å². The molecule has 1 aromatic heterocycles. The van der Waals surface area contributed by atoms with Crippen LogP contribution in [0, 0.1) is 6.92 Å². The maximum absolute atomic E-state index is 4.84. The van der Waals surface area contributed by atoms with Crippen molar-refractivity contribution in [3.05, 3.63) is 29.6 Å². The number of hydrogen-bond donors (Lipinski definition) is 1. The fourth-order valence-electron chi connectivity index (χ4n) is 2.65. The van der Waals surface area contributed by atoms with E-state index in [1.807, 2.05) is 12.4 Å². The fraction of sp³-hybridized carbons (Fsp3) is 0.647. The van der Waals surface area contributed by atoms with E-state index in [0.29, 0.717) is 0 Å². The Morgan fingerprint density at radius 3 is 3.00 bits per heavy atom. The number of hydrogen-bond acceptors (Lipinski definition) is 3. The molecule has 0 aromatic carbocycles. The van der Waals surface area contributed by atoms with Crippen LogP contribution in [0.15, 0.2) is 23.5 Å². The van der Waals surface area contributed by atoms with Crippen LogP contribution in [0.1, 0.15) is 31.4 Å². The Labute approximate surface area is 161 Å². The number of rotatable bonds is 5. The highest BCUT2D eigenvalue weighted by atomic mass is 127. The minimum atomic E-state index is 0. The number of aryl methyl sites for hydroxylation is 1. The molecule has 1 saturated heterocycles. The number of halogens is 1. The number of nitrogens with one attached hydrogen (secondary N) is 1. The number of thioether (sulfide) groups is 1. The Morgan fingerprint density at radius 2 is 2.30 bits per heavy atom. The lowest BCUT2D eigenvalue weighted by atomic mass is 10.1. The molecular weight excluding hydrogens is 419 g/mol. The van der Waals surface area contributed by atoms with Gasteiger partial charge in [0.05, 0.1) is 0 Å². The predicted octanol–water partition coefficient (Wildman–Crippen LogP) is 3.34. The molecule has 1 N–H and O–H groups in total. The van der Waals surface area contributed by atoms with E-state index in [0.717, 1.165) is 43.8 Å². The second-order valence-corrected chi connectivity index (χ2v) is 7.04. The van der Waals surface area contributed by atoms with Gasteiger partial charge < -0.3 is 10.2 Å². The maximum Gasteiger partial charge on any atom is 0.193 e. The van der Waals surface area contributed by atoms with Crippen molar-refractivity contribution in [1.29, 1.82) is 0 Å². The summed E-state index contributed by atoms with van der Waals surface area (Å²) in [5.41, 5.74) is 2.60. The van der Waals surface area contributed by atoms with Gasteiger partial charge in [0.15, 0.2) is 5.96 Å². The van der Waals surface area contributed by atoms with Crippen LogP contribution in [0.4, 0.5) is 0 Å². The monoisotopic (exact) mass is 448 g/mol. The molecular formula is C17H29IN4S. The number of nitrogens with zero attached hydrogens (tertiary/aromatic N) is 3. The van der Waals surface area contributed by atoms with Gasteiger partial charge in [-0.2, -0.15) is 11.8 Å². The Hall–Kier alpha value is -0.500. The SMILES string of the molecule is CCNC(=NCCc1ccncc1C)N1CCSC(CC)C1.I. The summed E-state index contributed by atoms with van der Waals surface area (Å²) in [5, 5.41) is 4.19. The molecule has 1 fully saturated rings.